The first-order valence-corrected chi connectivity index (χ1v) is 7.09. The highest BCUT2D eigenvalue weighted by Crippen LogP contribution is 2.31. The predicted octanol–water partition coefficient (Wildman–Crippen LogP) is 2.05. The minimum absolute atomic E-state index is 0.0686. The maximum Gasteiger partial charge on any atom is 0.334 e. The third-order valence-corrected chi connectivity index (χ3v) is 4.20. The molecule has 106 valence electrons. The molecule has 1 aromatic rings. The van der Waals surface area contributed by atoms with E-state index in [1.165, 1.54) is 6.07 Å². The Morgan fingerprint density at radius 1 is 1.20 bits per heavy atom. The number of halogens is 2. The number of hydrogen-bond acceptors (Lipinski definition) is 5. The number of likely N-dealkylation sites (N-methyl/N-ethyl adjacent to an activating group) is 1. The van der Waals surface area contributed by atoms with E-state index in [0.29, 0.717) is 9.24 Å². The smallest absolute Gasteiger partial charge is 0.292 e. The number of urea groups is 1. The summed E-state index contributed by atoms with van der Waals surface area (Å²) in [6.45, 7) is 1.09. The Bertz CT molecular complexity index is 628. The maximum atomic E-state index is 12.0. The van der Waals surface area contributed by atoms with Gasteiger partial charge in [0.05, 0.1) is 16.4 Å². The topological polar surface area (TPSA) is 74.8 Å². The lowest BCUT2D eigenvalue weighted by Gasteiger charge is -2.12. The molecular weight excluding hydrogens is 327 g/mol. The fourth-order valence-electron chi connectivity index (χ4n) is 1.73. The second-order valence-corrected chi connectivity index (χ2v) is 6.17. The molecule has 1 saturated heterocycles. The summed E-state index contributed by atoms with van der Waals surface area (Å²) in [5, 5.41) is 0. The van der Waals surface area contributed by atoms with Crippen LogP contribution >= 0.6 is 34.5 Å². The third-order valence-electron chi connectivity index (χ3n) is 2.71. The van der Waals surface area contributed by atoms with Crippen molar-refractivity contribution in [1.29, 1.82) is 0 Å². The molecule has 1 aromatic heterocycles. The summed E-state index contributed by atoms with van der Waals surface area (Å²) in [7, 11) is 0. The average molecular weight is 335 g/mol. The van der Waals surface area contributed by atoms with Gasteiger partial charge in [0.25, 0.3) is 0 Å². The van der Waals surface area contributed by atoms with E-state index in [2.05, 4.69) is 0 Å². The van der Waals surface area contributed by atoms with Gasteiger partial charge in [0.1, 0.15) is 4.34 Å². The Morgan fingerprint density at radius 3 is 2.25 bits per heavy atom. The summed E-state index contributed by atoms with van der Waals surface area (Å²) >= 11 is 12.6. The third kappa shape index (κ3) is 2.44. The molecule has 1 fully saturated rings. The molecule has 0 bridgehead atoms. The Hall–Kier alpha value is -1.44. The van der Waals surface area contributed by atoms with Crippen molar-refractivity contribution >= 4 is 58.2 Å². The zero-order valence-electron chi connectivity index (χ0n) is 10.2. The van der Waals surface area contributed by atoms with E-state index in [4.69, 9.17) is 23.2 Å². The van der Waals surface area contributed by atoms with Gasteiger partial charge in [-0.15, -0.1) is 11.3 Å². The zero-order valence-corrected chi connectivity index (χ0v) is 12.5. The number of rotatable bonds is 4. The average Bonchev–Trinajstić information content (AvgIpc) is 2.82. The quantitative estimate of drug-likeness (QED) is 0.479. The molecule has 2 rings (SSSR count). The lowest BCUT2D eigenvalue weighted by molar-refractivity contribution is -0.143. The zero-order chi connectivity index (χ0) is 15.0. The summed E-state index contributed by atoms with van der Waals surface area (Å²) in [4.78, 5) is 48.4. The van der Waals surface area contributed by atoms with Crippen LogP contribution in [0.25, 0.3) is 0 Å². The summed E-state index contributed by atoms with van der Waals surface area (Å²) in [6.07, 6.45) is 0. The van der Waals surface area contributed by atoms with E-state index < -0.39 is 30.2 Å². The number of amides is 4. The van der Waals surface area contributed by atoms with E-state index in [0.717, 1.165) is 16.2 Å². The molecular formula is C11H8Cl2N2O4S. The van der Waals surface area contributed by atoms with Crippen molar-refractivity contribution in [1.82, 2.24) is 9.80 Å². The molecule has 0 unspecified atom stereocenters. The van der Waals surface area contributed by atoms with Gasteiger partial charge in [-0.1, -0.05) is 23.2 Å². The number of hydrogen-bond donors (Lipinski definition) is 0. The van der Waals surface area contributed by atoms with Gasteiger partial charge in [-0.2, -0.15) is 0 Å². The molecule has 0 aliphatic carbocycles. The van der Waals surface area contributed by atoms with E-state index in [1.807, 2.05) is 0 Å². The SMILES string of the molecule is CCN1C(=O)C(=O)N(CC(=O)c2cc(Cl)sc2Cl)C1=O. The lowest BCUT2D eigenvalue weighted by Crippen LogP contribution is -2.36. The molecule has 0 spiro atoms. The van der Waals surface area contributed by atoms with Gasteiger partial charge in [0.15, 0.2) is 5.78 Å². The number of nitrogens with zero attached hydrogens (tertiary/aromatic N) is 2. The molecule has 2 heterocycles. The predicted molar refractivity (Wildman–Crippen MR) is 73.2 cm³/mol. The summed E-state index contributed by atoms with van der Waals surface area (Å²) in [5.41, 5.74) is 0.129. The van der Waals surface area contributed by atoms with Crippen LogP contribution in [-0.4, -0.2) is 46.5 Å². The summed E-state index contributed by atoms with van der Waals surface area (Å²) in [6, 6.07) is 0.565. The highest BCUT2D eigenvalue weighted by atomic mass is 35.5. The van der Waals surface area contributed by atoms with Crippen molar-refractivity contribution in [2.45, 2.75) is 6.92 Å². The van der Waals surface area contributed by atoms with E-state index in [-0.39, 0.29) is 16.4 Å². The molecule has 0 radical (unpaired) electrons. The summed E-state index contributed by atoms with van der Waals surface area (Å²) in [5.74, 6) is -2.49. The van der Waals surface area contributed by atoms with Gasteiger partial charge in [0, 0.05) is 6.54 Å². The molecule has 9 heteroatoms. The van der Waals surface area contributed by atoms with Crippen molar-refractivity contribution in [2.24, 2.45) is 0 Å². The van der Waals surface area contributed by atoms with Crippen LogP contribution in [0, 0.1) is 0 Å². The highest BCUT2D eigenvalue weighted by Gasteiger charge is 2.44. The van der Waals surface area contributed by atoms with Crippen LogP contribution in [0.1, 0.15) is 17.3 Å². The lowest BCUT2D eigenvalue weighted by atomic mass is 10.2. The van der Waals surface area contributed by atoms with Crippen LogP contribution in [0.3, 0.4) is 0 Å². The fourth-order valence-corrected chi connectivity index (χ4v) is 3.23. The van der Waals surface area contributed by atoms with Crippen LogP contribution < -0.4 is 0 Å². The monoisotopic (exact) mass is 334 g/mol. The van der Waals surface area contributed by atoms with Gasteiger partial charge in [-0.05, 0) is 13.0 Å². The van der Waals surface area contributed by atoms with E-state index >= 15 is 0 Å². The second-order valence-electron chi connectivity index (χ2n) is 3.88. The highest BCUT2D eigenvalue weighted by molar-refractivity contribution is 7.20. The fraction of sp³-hybridized carbons (Fsp3) is 0.273. The molecule has 0 saturated carbocycles. The number of thiophene rings is 1. The minimum Gasteiger partial charge on any atom is -0.292 e. The van der Waals surface area contributed by atoms with Gasteiger partial charge < -0.3 is 0 Å². The van der Waals surface area contributed by atoms with Crippen LogP contribution in [0.4, 0.5) is 4.79 Å². The van der Waals surface area contributed by atoms with Crippen molar-refractivity contribution in [3.8, 4) is 0 Å². The van der Waals surface area contributed by atoms with Crippen LogP contribution in [-0.2, 0) is 9.59 Å². The molecule has 0 N–H and O–H groups in total. The molecule has 1 aliphatic heterocycles. The molecule has 6 nitrogen and oxygen atoms in total. The van der Waals surface area contributed by atoms with Gasteiger partial charge in [-0.3, -0.25) is 19.3 Å². The maximum absolute atomic E-state index is 12.0. The number of carbonyl (C=O) groups is 4. The first-order valence-electron chi connectivity index (χ1n) is 5.52. The minimum atomic E-state index is -1.01. The first-order chi connectivity index (χ1) is 9.36. The largest absolute Gasteiger partial charge is 0.334 e. The number of Topliss-reactive ketones (excluding diaryl/α,β-unsaturated/α-hetero) is 1. The van der Waals surface area contributed by atoms with Crippen LogP contribution in [0.5, 0.6) is 0 Å². The molecule has 0 aromatic carbocycles. The summed E-state index contributed by atoms with van der Waals surface area (Å²) < 4.78 is 0.501. The number of carbonyl (C=O) groups excluding carboxylic acids is 4. The van der Waals surface area contributed by atoms with Crippen molar-refractivity contribution in [3.63, 3.8) is 0 Å². The first kappa shape index (κ1) is 15.0. The normalized spacial score (nSPS) is 15.4. The standard InChI is InChI=1S/C11H8Cl2N2O4S/c1-2-14-9(17)10(18)15(11(14)19)4-6(16)5-3-7(12)20-8(5)13/h3H,2,4H2,1H3. The van der Waals surface area contributed by atoms with E-state index in [1.54, 1.807) is 6.92 Å². The van der Waals surface area contributed by atoms with Crippen molar-refractivity contribution < 1.29 is 19.2 Å². The molecule has 1 aliphatic rings. The van der Waals surface area contributed by atoms with Crippen molar-refractivity contribution in [3.05, 3.63) is 20.3 Å². The van der Waals surface area contributed by atoms with Crippen LogP contribution in [0.2, 0.25) is 8.67 Å². The molecule has 0 atom stereocenters. The van der Waals surface area contributed by atoms with Gasteiger partial charge in [0.2, 0.25) is 0 Å². The molecule has 4 amide bonds. The van der Waals surface area contributed by atoms with Crippen molar-refractivity contribution in [2.75, 3.05) is 13.1 Å². The van der Waals surface area contributed by atoms with Gasteiger partial charge >= 0.3 is 17.8 Å². The van der Waals surface area contributed by atoms with Crippen LogP contribution in [0.15, 0.2) is 6.07 Å². The second kappa shape index (κ2) is 5.51. The number of imide groups is 2. The van der Waals surface area contributed by atoms with Gasteiger partial charge in [-0.25, -0.2) is 9.69 Å². The Labute approximate surface area is 127 Å². The Kier molecular flexibility index (Phi) is 4.12. The number of ketones is 1. The van der Waals surface area contributed by atoms with E-state index in [9.17, 15) is 19.2 Å². The molecule has 20 heavy (non-hydrogen) atoms. The Morgan fingerprint density at radius 2 is 1.80 bits per heavy atom. The Balaban J connectivity index is 2.20.